The van der Waals surface area contributed by atoms with Gasteiger partial charge in [-0.2, -0.15) is 0 Å². The van der Waals surface area contributed by atoms with Gasteiger partial charge in [0.2, 0.25) is 5.91 Å². The van der Waals surface area contributed by atoms with Crippen LogP contribution in [0.2, 0.25) is 0 Å². The predicted octanol–water partition coefficient (Wildman–Crippen LogP) is 2.75. The van der Waals surface area contributed by atoms with E-state index in [1.54, 1.807) is 6.20 Å². The Hall–Kier alpha value is -2.62. The van der Waals surface area contributed by atoms with Crippen LogP contribution in [0.5, 0.6) is 0 Å². The molecule has 0 aliphatic rings. The van der Waals surface area contributed by atoms with Gasteiger partial charge >= 0.3 is 0 Å². The van der Waals surface area contributed by atoms with Gasteiger partial charge in [0.05, 0.1) is 6.42 Å². The third kappa shape index (κ3) is 2.40. The standard InChI is InChI=1S/C16H15N3O/c1-19-10-9-17-15(19)11-16(20)18-14-8-4-6-12-5-2-3-7-13(12)14/h2-10H,11H2,1H3,(H,18,20). The van der Waals surface area contributed by atoms with Gasteiger partial charge in [-0.1, -0.05) is 36.4 Å². The van der Waals surface area contributed by atoms with Crippen molar-refractivity contribution >= 4 is 22.4 Å². The molecule has 1 amide bonds. The van der Waals surface area contributed by atoms with Crippen LogP contribution in [0.3, 0.4) is 0 Å². The number of imidazole rings is 1. The van der Waals surface area contributed by atoms with Crippen molar-refractivity contribution in [3.8, 4) is 0 Å². The Bertz CT molecular complexity index is 756. The summed E-state index contributed by atoms with van der Waals surface area (Å²) >= 11 is 0. The second-order valence-electron chi connectivity index (χ2n) is 4.71. The topological polar surface area (TPSA) is 46.9 Å². The Kier molecular flexibility index (Phi) is 3.21. The number of hydrogen-bond donors (Lipinski definition) is 1. The SMILES string of the molecule is Cn1ccnc1CC(=O)Nc1cccc2ccccc12. The molecule has 4 nitrogen and oxygen atoms in total. The Labute approximate surface area is 117 Å². The number of carbonyl (C=O) groups is 1. The van der Waals surface area contributed by atoms with Crippen LogP contribution in [0.15, 0.2) is 54.9 Å². The quantitative estimate of drug-likeness (QED) is 0.791. The molecule has 0 aliphatic heterocycles. The normalized spacial score (nSPS) is 10.7. The van der Waals surface area contributed by atoms with Gasteiger partial charge in [-0.15, -0.1) is 0 Å². The third-order valence-corrected chi connectivity index (χ3v) is 3.30. The minimum Gasteiger partial charge on any atom is -0.338 e. The number of aryl methyl sites for hydroxylation is 1. The molecule has 2 aromatic carbocycles. The van der Waals surface area contributed by atoms with E-state index in [2.05, 4.69) is 10.3 Å². The maximum absolute atomic E-state index is 12.1. The zero-order chi connectivity index (χ0) is 13.9. The van der Waals surface area contributed by atoms with Crippen molar-refractivity contribution in [2.45, 2.75) is 6.42 Å². The lowest BCUT2D eigenvalue weighted by Crippen LogP contribution is -2.16. The molecule has 1 heterocycles. The number of aromatic nitrogens is 2. The monoisotopic (exact) mass is 265 g/mol. The van der Waals surface area contributed by atoms with Crippen molar-refractivity contribution in [3.63, 3.8) is 0 Å². The Morgan fingerprint density at radius 2 is 2.00 bits per heavy atom. The molecule has 3 aromatic rings. The predicted molar refractivity (Wildman–Crippen MR) is 79.5 cm³/mol. The van der Waals surface area contributed by atoms with Crippen molar-refractivity contribution in [2.75, 3.05) is 5.32 Å². The lowest BCUT2D eigenvalue weighted by atomic mass is 10.1. The third-order valence-electron chi connectivity index (χ3n) is 3.30. The van der Waals surface area contributed by atoms with Crippen molar-refractivity contribution in [3.05, 3.63) is 60.7 Å². The van der Waals surface area contributed by atoms with Crippen LogP contribution in [0, 0.1) is 0 Å². The molecule has 100 valence electrons. The first-order chi connectivity index (χ1) is 9.74. The second kappa shape index (κ2) is 5.17. The van der Waals surface area contributed by atoms with Gasteiger partial charge in [0, 0.05) is 30.5 Å². The Balaban J connectivity index is 1.83. The molecule has 0 radical (unpaired) electrons. The van der Waals surface area contributed by atoms with Crippen LogP contribution in [0.25, 0.3) is 10.8 Å². The zero-order valence-electron chi connectivity index (χ0n) is 11.2. The van der Waals surface area contributed by atoms with E-state index in [4.69, 9.17) is 0 Å². The lowest BCUT2D eigenvalue weighted by Gasteiger charge is -2.08. The summed E-state index contributed by atoms with van der Waals surface area (Å²) in [5, 5.41) is 5.12. The van der Waals surface area contributed by atoms with Crippen LogP contribution in [-0.2, 0) is 18.3 Å². The number of anilines is 1. The maximum Gasteiger partial charge on any atom is 0.231 e. The van der Waals surface area contributed by atoms with Crippen molar-refractivity contribution in [1.29, 1.82) is 0 Å². The van der Waals surface area contributed by atoms with Crippen LogP contribution in [0.1, 0.15) is 5.82 Å². The summed E-state index contributed by atoms with van der Waals surface area (Å²) in [5.41, 5.74) is 0.835. The number of amides is 1. The van der Waals surface area contributed by atoms with Crippen LogP contribution in [0.4, 0.5) is 5.69 Å². The van der Waals surface area contributed by atoms with E-state index in [9.17, 15) is 4.79 Å². The number of carbonyl (C=O) groups excluding carboxylic acids is 1. The minimum absolute atomic E-state index is 0.0596. The average molecular weight is 265 g/mol. The molecule has 0 spiro atoms. The number of nitrogens with zero attached hydrogens (tertiary/aromatic N) is 2. The van der Waals surface area contributed by atoms with E-state index in [0.29, 0.717) is 0 Å². The summed E-state index contributed by atoms with van der Waals surface area (Å²) in [6.45, 7) is 0. The molecule has 4 heteroatoms. The molecule has 1 N–H and O–H groups in total. The minimum atomic E-state index is -0.0596. The number of hydrogen-bond acceptors (Lipinski definition) is 2. The average Bonchev–Trinajstić information content (AvgIpc) is 2.85. The highest BCUT2D eigenvalue weighted by molar-refractivity contribution is 6.02. The maximum atomic E-state index is 12.1. The van der Waals surface area contributed by atoms with Crippen LogP contribution in [-0.4, -0.2) is 15.5 Å². The summed E-state index contributed by atoms with van der Waals surface area (Å²) < 4.78 is 1.85. The molecule has 0 bridgehead atoms. The van der Waals surface area contributed by atoms with E-state index >= 15 is 0 Å². The van der Waals surface area contributed by atoms with Crippen molar-refractivity contribution in [1.82, 2.24) is 9.55 Å². The van der Waals surface area contributed by atoms with E-state index in [0.717, 1.165) is 22.3 Å². The first-order valence-corrected chi connectivity index (χ1v) is 6.48. The molecule has 3 rings (SSSR count). The highest BCUT2D eigenvalue weighted by Gasteiger charge is 2.09. The van der Waals surface area contributed by atoms with Gasteiger partial charge in [0.25, 0.3) is 0 Å². The molecular weight excluding hydrogens is 250 g/mol. The molecule has 0 saturated carbocycles. The summed E-state index contributed by atoms with van der Waals surface area (Å²) in [6, 6.07) is 13.9. The molecule has 20 heavy (non-hydrogen) atoms. The summed E-state index contributed by atoms with van der Waals surface area (Å²) in [5.74, 6) is 0.693. The van der Waals surface area contributed by atoms with Gasteiger partial charge in [0.15, 0.2) is 0 Å². The molecular formula is C16H15N3O. The van der Waals surface area contributed by atoms with Crippen molar-refractivity contribution < 1.29 is 4.79 Å². The summed E-state index contributed by atoms with van der Waals surface area (Å²) in [7, 11) is 1.88. The van der Waals surface area contributed by atoms with Gasteiger partial charge in [-0.25, -0.2) is 4.98 Å². The number of rotatable bonds is 3. The van der Waals surface area contributed by atoms with Gasteiger partial charge in [0.1, 0.15) is 5.82 Å². The molecule has 0 saturated heterocycles. The fourth-order valence-electron chi connectivity index (χ4n) is 2.24. The first kappa shape index (κ1) is 12.4. The molecule has 0 unspecified atom stereocenters. The smallest absolute Gasteiger partial charge is 0.231 e. The van der Waals surface area contributed by atoms with Gasteiger partial charge in [-0.3, -0.25) is 4.79 Å². The summed E-state index contributed by atoms with van der Waals surface area (Å²) in [4.78, 5) is 16.3. The van der Waals surface area contributed by atoms with Crippen molar-refractivity contribution in [2.24, 2.45) is 7.05 Å². The van der Waals surface area contributed by atoms with E-state index in [-0.39, 0.29) is 12.3 Å². The first-order valence-electron chi connectivity index (χ1n) is 6.48. The molecule has 0 atom stereocenters. The highest BCUT2D eigenvalue weighted by atomic mass is 16.1. The largest absolute Gasteiger partial charge is 0.338 e. The Morgan fingerprint density at radius 3 is 2.80 bits per heavy atom. The number of benzene rings is 2. The van der Waals surface area contributed by atoms with Crippen LogP contribution < -0.4 is 5.32 Å². The second-order valence-corrected chi connectivity index (χ2v) is 4.71. The number of fused-ring (bicyclic) bond motifs is 1. The highest BCUT2D eigenvalue weighted by Crippen LogP contribution is 2.22. The van der Waals surface area contributed by atoms with Gasteiger partial charge in [-0.05, 0) is 11.5 Å². The number of nitrogens with one attached hydrogen (secondary N) is 1. The molecule has 0 fully saturated rings. The van der Waals surface area contributed by atoms with Gasteiger partial charge < -0.3 is 9.88 Å². The van der Waals surface area contributed by atoms with Crippen LogP contribution >= 0.6 is 0 Å². The van der Waals surface area contributed by atoms with E-state index < -0.39 is 0 Å². The lowest BCUT2D eigenvalue weighted by molar-refractivity contribution is -0.115. The van der Waals surface area contributed by atoms with E-state index in [1.165, 1.54) is 0 Å². The zero-order valence-corrected chi connectivity index (χ0v) is 11.2. The fourth-order valence-corrected chi connectivity index (χ4v) is 2.24. The molecule has 1 aromatic heterocycles. The Morgan fingerprint density at radius 1 is 1.20 bits per heavy atom. The van der Waals surface area contributed by atoms with E-state index in [1.807, 2.05) is 60.3 Å². The molecule has 0 aliphatic carbocycles. The fraction of sp³-hybridized carbons (Fsp3) is 0.125. The summed E-state index contributed by atoms with van der Waals surface area (Å²) in [6.07, 6.45) is 3.80.